The van der Waals surface area contributed by atoms with Crippen molar-refractivity contribution < 1.29 is 19.4 Å². The molecule has 2 heterocycles. The topological polar surface area (TPSA) is 107 Å². The van der Waals surface area contributed by atoms with E-state index in [9.17, 15) is 14.7 Å². The summed E-state index contributed by atoms with van der Waals surface area (Å²) < 4.78 is 5.70. The highest BCUT2D eigenvalue weighted by Gasteiger charge is 2.23. The van der Waals surface area contributed by atoms with Gasteiger partial charge in [-0.2, -0.15) is 0 Å². The molecule has 1 atom stereocenters. The van der Waals surface area contributed by atoms with Crippen LogP contribution in [0.25, 0.3) is 0 Å². The molecule has 2 aliphatic rings. The van der Waals surface area contributed by atoms with Crippen LogP contribution in [0.1, 0.15) is 36.5 Å². The second-order valence-electron chi connectivity index (χ2n) is 7.92. The Morgan fingerprint density at radius 1 is 1.26 bits per heavy atom. The van der Waals surface area contributed by atoms with Gasteiger partial charge in [0.15, 0.2) is 5.96 Å². The van der Waals surface area contributed by atoms with Crippen molar-refractivity contribution in [3.8, 4) is 0 Å². The molecule has 0 bridgehead atoms. The third-order valence-electron chi connectivity index (χ3n) is 5.45. The monoisotopic (exact) mass is 431 g/mol. The number of nitrogens with one attached hydrogen (secondary N) is 2. The van der Waals surface area contributed by atoms with E-state index < -0.39 is 5.97 Å². The molecule has 3 N–H and O–H groups in total. The third kappa shape index (κ3) is 7.22. The summed E-state index contributed by atoms with van der Waals surface area (Å²) in [7, 11) is 0. The van der Waals surface area contributed by atoms with Gasteiger partial charge in [0.2, 0.25) is 5.91 Å². The second kappa shape index (κ2) is 11.7. The molecule has 0 aromatic heterocycles. The van der Waals surface area contributed by atoms with E-state index in [2.05, 4.69) is 20.4 Å². The Morgan fingerprint density at radius 3 is 2.74 bits per heavy atom. The normalized spacial score (nSPS) is 20.0. The summed E-state index contributed by atoms with van der Waals surface area (Å²) >= 11 is 0. The molecule has 0 unspecified atom stereocenters. The number of carboxylic acid groups (broad SMARTS) is 1. The summed E-state index contributed by atoms with van der Waals surface area (Å²) in [5.41, 5.74) is 0.916. The number of anilines is 1. The Kier molecular flexibility index (Phi) is 8.66. The van der Waals surface area contributed by atoms with Gasteiger partial charge in [-0.15, -0.1) is 0 Å². The average molecular weight is 432 g/mol. The summed E-state index contributed by atoms with van der Waals surface area (Å²) in [6.45, 7) is 7.49. The molecule has 0 saturated carbocycles. The highest BCUT2D eigenvalue weighted by Crippen LogP contribution is 2.15. The number of rotatable bonds is 8. The van der Waals surface area contributed by atoms with Gasteiger partial charge in [0.25, 0.3) is 0 Å². The van der Waals surface area contributed by atoms with Gasteiger partial charge in [-0.3, -0.25) is 14.7 Å². The highest BCUT2D eigenvalue weighted by molar-refractivity contribution is 5.96. The maximum Gasteiger partial charge on any atom is 0.335 e. The fraction of sp³-hybridized carbons (Fsp3) is 0.591. The SMILES string of the molecule is CCCNC(=O)CN1CCN(C(=NC[C@@H]2CCCO2)Nc2cccc(C(=O)O)c2)CC1. The van der Waals surface area contributed by atoms with Crippen molar-refractivity contribution in [1.29, 1.82) is 0 Å². The van der Waals surface area contributed by atoms with E-state index in [4.69, 9.17) is 9.73 Å². The summed E-state index contributed by atoms with van der Waals surface area (Å²) in [4.78, 5) is 32.4. The van der Waals surface area contributed by atoms with E-state index in [-0.39, 0.29) is 17.6 Å². The maximum absolute atomic E-state index is 12.0. The van der Waals surface area contributed by atoms with E-state index >= 15 is 0 Å². The first kappa shape index (κ1) is 23.0. The quantitative estimate of drug-likeness (QED) is 0.423. The number of aromatic carboxylic acids is 1. The number of piperazine rings is 1. The van der Waals surface area contributed by atoms with Gasteiger partial charge < -0.3 is 25.4 Å². The van der Waals surface area contributed by atoms with Crippen LogP contribution in [0.15, 0.2) is 29.3 Å². The van der Waals surface area contributed by atoms with Gasteiger partial charge in [-0.1, -0.05) is 13.0 Å². The molecule has 0 aliphatic carbocycles. The predicted octanol–water partition coefficient (Wildman–Crippen LogP) is 1.48. The van der Waals surface area contributed by atoms with Crippen molar-refractivity contribution in [2.75, 3.05) is 57.7 Å². The van der Waals surface area contributed by atoms with Crippen LogP contribution in [0.2, 0.25) is 0 Å². The zero-order valence-electron chi connectivity index (χ0n) is 18.2. The third-order valence-corrected chi connectivity index (χ3v) is 5.45. The number of guanidine groups is 1. The van der Waals surface area contributed by atoms with Crippen molar-refractivity contribution in [3.63, 3.8) is 0 Å². The number of carbonyl (C=O) groups is 2. The number of hydrogen-bond donors (Lipinski definition) is 3. The molecule has 9 nitrogen and oxygen atoms in total. The lowest BCUT2D eigenvalue weighted by Gasteiger charge is -2.36. The molecule has 2 fully saturated rings. The van der Waals surface area contributed by atoms with Gasteiger partial charge in [0, 0.05) is 45.0 Å². The number of ether oxygens (including phenoxy) is 1. The summed E-state index contributed by atoms with van der Waals surface area (Å²) in [5, 5.41) is 15.5. The zero-order chi connectivity index (χ0) is 22.1. The smallest absolute Gasteiger partial charge is 0.335 e. The molecule has 31 heavy (non-hydrogen) atoms. The van der Waals surface area contributed by atoms with Crippen molar-refractivity contribution in [1.82, 2.24) is 15.1 Å². The highest BCUT2D eigenvalue weighted by atomic mass is 16.5. The van der Waals surface area contributed by atoms with Gasteiger partial charge in [0.05, 0.1) is 24.8 Å². The molecule has 1 aromatic carbocycles. The number of nitrogens with zero attached hydrogens (tertiary/aromatic N) is 3. The van der Waals surface area contributed by atoms with E-state index in [0.29, 0.717) is 31.3 Å². The van der Waals surface area contributed by atoms with E-state index in [1.165, 1.54) is 0 Å². The number of carboxylic acids is 1. The maximum atomic E-state index is 12.0. The molecule has 0 radical (unpaired) electrons. The van der Waals surface area contributed by atoms with Crippen LogP contribution < -0.4 is 10.6 Å². The molecule has 9 heteroatoms. The summed E-state index contributed by atoms with van der Waals surface area (Å²) in [5.74, 6) is -0.184. The van der Waals surface area contributed by atoms with Crippen molar-refractivity contribution >= 4 is 23.5 Å². The molecule has 170 valence electrons. The molecular weight excluding hydrogens is 398 g/mol. The van der Waals surface area contributed by atoms with Crippen molar-refractivity contribution in [2.24, 2.45) is 4.99 Å². The standard InChI is InChI=1S/C22H33N5O4/c1-2-8-23-20(28)16-26-9-11-27(12-10-26)22(24-15-19-7-4-13-31-19)25-18-6-3-5-17(14-18)21(29)30/h3,5-6,14,19H,2,4,7-13,15-16H2,1H3,(H,23,28)(H,24,25)(H,29,30)/t19-/m0/s1. The van der Waals surface area contributed by atoms with E-state index in [1.807, 2.05) is 13.0 Å². The predicted molar refractivity (Wildman–Crippen MR) is 120 cm³/mol. The van der Waals surface area contributed by atoms with Crippen LogP contribution in [-0.4, -0.2) is 91.3 Å². The number of amides is 1. The first-order valence-electron chi connectivity index (χ1n) is 11.1. The molecule has 1 amide bonds. The molecule has 2 aliphatic heterocycles. The summed E-state index contributed by atoms with van der Waals surface area (Å²) in [6.07, 6.45) is 3.12. The van der Waals surface area contributed by atoms with E-state index in [1.54, 1.807) is 18.2 Å². The number of aliphatic imine (C=N–C) groups is 1. The number of benzene rings is 1. The minimum atomic E-state index is -0.962. The van der Waals surface area contributed by atoms with Gasteiger partial charge in [0.1, 0.15) is 0 Å². The lowest BCUT2D eigenvalue weighted by atomic mass is 10.2. The van der Waals surface area contributed by atoms with Crippen LogP contribution in [0, 0.1) is 0 Å². The van der Waals surface area contributed by atoms with Gasteiger partial charge in [-0.25, -0.2) is 4.79 Å². The van der Waals surface area contributed by atoms with Crippen LogP contribution in [0.5, 0.6) is 0 Å². The van der Waals surface area contributed by atoms with E-state index in [0.717, 1.165) is 52.0 Å². The Balaban J connectivity index is 1.63. The number of carbonyl (C=O) groups excluding carboxylic acids is 1. The molecule has 0 spiro atoms. The lowest BCUT2D eigenvalue weighted by Crippen LogP contribution is -2.52. The van der Waals surface area contributed by atoms with Crippen LogP contribution >= 0.6 is 0 Å². The average Bonchev–Trinajstić information content (AvgIpc) is 3.29. The fourth-order valence-corrected chi connectivity index (χ4v) is 3.70. The zero-order valence-corrected chi connectivity index (χ0v) is 18.2. The fourth-order valence-electron chi connectivity index (χ4n) is 3.70. The molecular formula is C22H33N5O4. The Bertz CT molecular complexity index is 771. The first-order chi connectivity index (χ1) is 15.0. The van der Waals surface area contributed by atoms with Gasteiger partial charge in [-0.05, 0) is 37.5 Å². The Labute approximate surface area is 183 Å². The number of hydrogen-bond acceptors (Lipinski definition) is 5. The Morgan fingerprint density at radius 2 is 2.06 bits per heavy atom. The van der Waals surface area contributed by atoms with Crippen molar-refractivity contribution in [2.45, 2.75) is 32.3 Å². The van der Waals surface area contributed by atoms with Gasteiger partial charge >= 0.3 is 5.97 Å². The van der Waals surface area contributed by atoms with Crippen LogP contribution in [0.3, 0.4) is 0 Å². The first-order valence-corrected chi connectivity index (χ1v) is 11.1. The van der Waals surface area contributed by atoms with Crippen LogP contribution in [-0.2, 0) is 9.53 Å². The minimum Gasteiger partial charge on any atom is -0.478 e. The molecule has 3 rings (SSSR count). The second-order valence-corrected chi connectivity index (χ2v) is 7.92. The molecule has 1 aromatic rings. The lowest BCUT2D eigenvalue weighted by molar-refractivity contribution is -0.122. The Hall–Kier alpha value is -2.65. The van der Waals surface area contributed by atoms with Crippen LogP contribution in [0.4, 0.5) is 5.69 Å². The minimum absolute atomic E-state index is 0.0613. The summed E-state index contributed by atoms with van der Waals surface area (Å²) in [6, 6.07) is 6.73. The molecule has 2 saturated heterocycles. The van der Waals surface area contributed by atoms with Crippen molar-refractivity contribution in [3.05, 3.63) is 29.8 Å². The largest absolute Gasteiger partial charge is 0.478 e.